The van der Waals surface area contributed by atoms with Crippen LogP contribution in [0.3, 0.4) is 0 Å². The molecular weight excluding hydrogens is 344 g/mol. The Balaban J connectivity index is 1.55. The number of carbonyl (C=O) groups excluding carboxylic acids is 1. The number of hydrogen-bond acceptors (Lipinski definition) is 1. The van der Waals surface area contributed by atoms with E-state index in [4.69, 9.17) is 0 Å². The Morgan fingerprint density at radius 3 is 2.57 bits per heavy atom. The third-order valence-corrected chi connectivity index (χ3v) is 5.41. The standard InChI is InChI=1S/C25H20N2O/c28-25(15-14-18-8-2-1-3-9-18)27-23-13-7-4-10-19(23)16-24(27)21-17-26-22-12-6-5-11-20(21)22/h1-15,17,24,26H,16H2. The fraction of sp³-hybridized carbons (Fsp3) is 0.0800. The summed E-state index contributed by atoms with van der Waals surface area (Å²) < 4.78 is 0. The van der Waals surface area contributed by atoms with Gasteiger partial charge in [-0.2, -0.15) is 0 Å². The number of anilines is 1. The summed E-state index contributed by atoms with van der Waals surface area (Å²) in [5, 5.41) is 1.17. The first-order valence-electron chi connectivity index (χ1n) is 9.51. The number of rotatable bonds is 3. The first-order chi connectivity index (χ1) is 13.8. The van der Waals surface area contributed by atoms with Crippen LogP contribution in [0.5, 0.6) is 0 Å². The van der Waals surface area contributed by atoms with Crippen molar-refractivity contribution in [2.45, 2.75) is 12.5 Å². The number of amides is 1. The second-order valence-corrected chi connectivity index (χ2v) is 7.09. The highest BCUT2D eigenvalue weighted by Crippen LogP contribution is 2.42. The minimum absolute atomic E-state index is 0.00378. The number of aromatic nitrogens is 1. The minimum atomic E-state index is -0.0125. The van der Waals surface area contributed by atoms with Gasteiger partial charge in [-0.25, -0.2) is 0 Å². The van der Waals surface area contributed by atoms with E-state index in [0.717, 1.165) is 28.8 Å². The number of para-hydroxylation sites is 2. The van der Waals surface area contributed by atoms with Crippen molar-refractivity contribution in [2.24, 2.45) is 0 Å². The van der Waals surface area contributed by atoms with Crippen LogP contribution in [0.15, 0.2) is 91.1 Å². The molecule has 1 aromatic heterocycles. The monoisotopic (exact) mass is 364 g/mol. The number of hydrogen-bond donors (Lipinski definition) is 1. The lowest BCUT2D eigenvalue weighted by atomic mass is 10.0. The van der Waals surface area contributed by atoms with Gasteiger partial charge in [-0.3, -0.25) is 4.79 Å². The fourth-order valence-electron chi connectivity index (χ4n) is 4.09. The maximum Gasteiger partial charge on any atom is 0.251 e. The SMILES string of the molecule is O=C(C=Cc1ccccc1)N1c2ccccc2CC1c1c[nH]c2ccccc12. The highest BCUT2D eigenvalue weighted by Gasteiger charge is 2.34. The maximum absolute atomic E-state index is 13.3. The Bertz CT molecular complexity index is 1170. The number of nitrogens with one attached hydrogen (secondary N) is 1. The van der Waals surface area contributed by atoms with Crippen LogP contribution < -0.4 is 4.90 Å². The molecule has 28 heavy (non-hydrogen) atoms. The summed E-state index contributed by atoms with van der Waals surface area (Å²) in [6.45, 7) is 0. The lowest BCUT2D eigenvalue weighted by molar-refractivity contribution is -0.114. The van der Waals surface area contributed by atoms with Crippen LogP contribution in [0, 0.1) is 0 Å². The Morgan fingerprint density at radius 1 is 0.929 bits per heavy atom. The second-order valence-electron chi connectivity index (χ2n) is 7.09. The van der Waals surface area contributed by atoms with Crippen molar-refractivity contribution < 1.29 is 4.79 Å². The molecule has 3 heteroatoms. The van der Waals surface area contributed by atoms with E-state index < -0.39 is 0 Å². The zero-order chi connectivity index (χ0) is 18.9. The van der Waals surface area contributed by atoms with Gasteiger partial charge in [-0.15, -0.1) is 0 Å². The molecule has 1 N–H and O–H groups in total. The topological polar surface area (TPSA) is 36.1 Å². The van der Waals surface area contributed by atoms with Crippen LogP contribution >= 0.6 is 0 Å². The molecule has 0 aliphatic carbocycles. The molecule has 1 aliphatic heterocycles. The zero-order valence-corrected chi connectivity index (χ0v) is 15.4. The summed E-state index contributed by atoms with van der Waals surface area (Å²) in [6.07, 6.45) is 6.43. The highest BCUT2D eigenvalue weighted by molar-refractivity contribution is 6.06. The molecule has 2 heterocycles. The molecule has 1 unspecified atom stereocenters. The Hall–Kier alpha value is -3.59. The molecule has 1 atom stereocenters. The Morgan fingerprint density at radius 2 is 1.68 bits per heavy atom. The number of carbonyl (C=O) groups is 1. The van der Waals surface area contributed by atoms with Crippen LogP contribution in [-0.2, 0) is 11.2 Å². The predicted octanol–water partition coefficient (Wildman–Crippen LogP) is 5.51. The highest BCUT2D eigenvalue weighted by atomic mass is 16.2. The summed E-state index contributed by atoms with van der Waals surface area (Å²) in [7, 11) is 0. The fourth-order valence-corrected chi connectivity index (χ4v) is 4.09. The minimum Gasteiger partial charge on any atom is -0.361 e. The van der Waals surface area contributed by atoms with E-state index in [-0.39, 0.29) is 11.9 Å². The summed E-state index contributed by atoms with van der Waals surface area (Å²) in [4.78, 5) is 18.5. The lowest BCUT2D eigenvalue weighted by Gasteiger charge is -2.24. The van der Waals surface area contributed by atoms with Crippen molar-refractivity contribution in [3.05, 3.63) is 108 Å². The van der Waals surface area contributed by atoms with Crippen LogP contribution in [0.25, 0.3) is 17.0 Å². The van der Waals surface area contributed by atoms with Gasteiger partial charge in [0, 0.05) is 34.4 Å². The predicted molar refractivity (Wildman–Crippen MR) is 114 cm³/mol. The van der Waals surface area contributed by atoms with Gasteiger partial charge in [0.1, 0.15) is 0 Å². The van der Waals surface area contributed by atoms with Gasteiger partial charge in [-0.1, -0.05) is 66.7 Å². The zero-order valence-electron chi connectivity index (χ0n) is 15.4. The van der Waals surface area contributed by atoms with Crippen LogP contribution in [0.4, 0.5) is 5.69 Å². The Kier molecular flexibility index (Phi) is 4.06. The molecular formula is C25H20N2O. The van der Waals surface area contributed by atoms with E-state index in [0.29, 0.717) is 0 Å². The third-order valence-electron chi connectivity index (χ3n) is 5.41. The molecule has 0 saturated carbocycles. The van der Waals surface area contributed by atoms with Crippen molar-refractivity contribution in [1.29, 1.82) is 0 Å². The summed E-state index contributed by atoms with van der Waals surface area (Å²) in [5.41, 5.74) is 5.49. The van der Waals surface area contributed by atoms with E-state index in [9.17, 15) is 4.79 Å². The van der Waals surface area contributed by atoms with Crippen LogP contribution in [0.2, 0.25) is 0 Å². The summed E-state index contributed by atoms with van der Waals surface area (Å²) in [5.74, 6) is 0.00378. The van der Waals surface area contributed by atoms with Crippen molar-refractivity contribution in [1.82, 2.24) is 4.98 Å². The van der Waals surface area contributed by atoms with Crippen molar-refractivity contribution >= 4 is 28.6 Å². The number of nitrogens with zero attached hydrogens (tertiary/aromatic N) is 1. The van der Waals surface area contributed by atoms with Gasteiger partial charge in [0.2, 0.25) is 0 Å². The number of fused-ring (bicyclic) bond motifs is 2. The van der Waals surface area contributed by atoms with E-state index >= 15 is 0 Å². The largest absolute Gasteiger partial charge is 0.361 e. The Labute approximate surface area is 163 Å². The van der Waals surface area contributed by atoms with Crippen molar-refractivity contribution in [3.8, 4) is 0 Å². The average molecular weight is 364 g/mol. The molecule has 3 aromatic carbocycles. The van der Waals surface area contributed by atoms with E-state index in [1.54, 1.807) is 6.08 Å². The first kappa shape index (κ1) is 16.6. The smallest absolute Gasteiger partial charge is 0.251 e. The van der Waals surface area contributed by atoms with Crippen molar-refractivity contribution in [3.63, 3.8) is 0 Å². The molecule has 3 nitrogen and oxygen atoms in total. The van der Waals surface area contributed by atoms with Crippen LogP contribution in [-0.4, -0.2) is 10.9 Å². The van der Waals surface area contributed by atoms with Gasteiger partial charge >= 0.3 is 0 Å². The van der Waals surface area contributed by atoms with E-state index in [2.05, 4.69) is 23.2 Å². The molecule has 0 spiro atoms. The third kappa shape index (κ3) is 2.81. The molecule has 136 valence electrons. The molecule has 1 amide bonds. The second kappa shape index (κ2) is 6.86. The lowest BCUT2D eigenvalue weighted by Crippen LogP contribution is -2.30. The molecule has 0 radical (unpaired) electrons. The summed E-state index contributed by atoms with van der Waals surface area (Å²) >= 11 is 0. The molecule has 0 fully saturated rings. The van der Waals surface area contributed by atoms with E-state index in [1.807, 2.05) is 77.8 Å². The first-order valence-corrected chi connectivity index (χ1v) is 9.51. The number of aromatic amines is 1. The van der Waals surface area contributed by atoms with Gasteiger partial charge in [0.05, 0.1) is 6.04 Å². The number of benzene rings is 3. The number of H-pyrrole nitrogens is 1. The quantitative estimate of drug-likeness (QED) is 0.478. The summed E-state index contributed by atoms with van der Waals surface area (Å²) in [6, 6.07) is 26.4. The molecule has 5 rings (SSSR count). The van der Waals surface area contributed by atoms with Gasteiger partial charge in [-0.05, 0) is 35.8 Å². The van der Waals surface area contributed by atoms with Crippen LogP contribution in [0.1, 0.15) is 22.7 Å². The molecule has 1 aliphatic rings. The van der Waals surface area contributed by atoms with Gasteiger partial charge in [0.15, 0.2) is 0 Å². The molecule has 0 bridgehead atoms. The van der Waals surface area contributed by atoms with E-state index in [1.165, 1.54) is 10.9 Å². The van der Waals surface area contributed by atoms with Crippen molar-refractivity contribution in [2.75, 3.05) is 4.90 Å². The molecule has 0 saturated heterocycles. The average Bonchev–Trinajstić information content (AvgIpc) is 3.34. The maximum atomic E-state index is 13.3. The normalized spacial score (nSPS) is 16.0. The molecule has 4 aromatic rings. The van der Waals surface area contributed by atoms with Gasteiger partial charge < -0.3 is 9.88 Å². The van der Waals surface area contributed by atoms with Gasteiger partial charge in [0.25, 0.3) is 5.91 Å².